The molecule has 3 rings (SSSR count). The van der Waals surface area contributed by atoms with Crippen LogP contribution < -0.4 is 5.32 Å². The number of benzene rings is 1. The Labute approximate surface area is 154 Å². The van der Waals surface area contributed by atoms with Gasteiger partial charge in [0.2, 0.25) is 5.91 Å². The van der Waals surface area contributed by atoms with Crippen LogP contribution in [0.2, 0.25) is 0 Å². The van der Waals surface area contributed by atoms with Crippen molar-refractivity contribution in [3.8, 4) is 11.1 Å². The predicted molar refractivity (Wildman–Crippen MR) is 102 cm³/mol. The molecule has 1 aliphatic rings. The summed E-state index contributed by atoms with van der Waals surface area (Å²) < 4.78 is 0. The first-order chi connectivity index (χ1) is 12.6. The van der Waals surface area contributed by atoms with Gasteiger partial charge in [-0.2, -0.15) is 0 Å². The fourth-order valence-electron chi connectivity index (χ4n) is 3.25. The van der Waals surface area contributed by atoms with Crippen molar-refractivity contribution >= 4 is 11.8 Å². The van der Waals surface area contributed by atoms with Gasteiger partial charge in [0.15, 0.2) is 0 Å². The Morgan fingerprint density at radius 1 is 1.27 bits per heavy atom. The summed E-state index contributed by atoms with van der Waals surface area (Å²) in [4.78, 5) is 31.4. The number of aromatic nitrogens is 1. The first-order valence-electron chi connectivity index (χ1n) is 9.22. The number of hydrogen-bond acceptors (Lipinski definition) is 3. The zero-order valence-electron chi connectivity index (χ0n) is 15.3. The van der Waals surface area contributed by atoms with E-state index in [9.17, 15) is 9.59 Å². The average Bonchev–Trinajstić information content (AvgIpc) is 3.18. The summed E-state index contributed by atoms with van der Waals surface area (Å²) >= 11 is 0. The maximum absolute atomic E-state index is 13.0. The lowest BCUT2D eigenvalue weighted by Gasteiger charge is -2.25. The van der Waals surface area contributed by atoms with Gasteiger partial charge in [-0.05, 0) is 49.9 Å². The first-order valence-corrected chi connectivity index (χ1v) is 9.22. The van der Waals surface area contributed by atoms with Crippen LogP contribution in [0.3, 0.4) is 0 Å². The zero-order chi connectivity index (χ0) is 18.5. The average molecular weight is 351 g/mol. The van der Waals surface area contributed by atoms with Crippen LogP contribution in [0.1, 0.15) is 43.5 Å². The predicted octanol–water partition coefficient (Wildman–Crippen LogP) is 3.27. The number of amides is 2. The second kappa shape index (κ2) is 8.13. The standard InChI is InChI=1S/C21H25N3O2/c1-3-15(2)23-20(25)19-10-6-12-24(19)21(26)17-8-4-7-16(13-17)18-9-5-11-22-14-18/h4-5,7-9,11,13-15,19H,3,6,10,12H2,1-2H3,(H,23,25). The lowest BCUT2D eigenvalue weighted by atomic mass is 10.0. The minimum absolute atomic E-state index is 0.0476. The van der Waals surface area contributed by atoms with E-state index < -0.39 is 0 Å². The number of rotatable bonds is 5. The molecule has 5 heteroatoms. The molecule has 5 nitrogen and oxygen atoms in total. The van der Waals surface area contributed by atoms with Gasteiger partial charge in [-0.15, -0.1) is 0 Å². The highest BCUT2D eigenvalue weighted by atomic mass is 16.2. The van der Waals surface area contributed by atoms with E-state index in [1.54, 1.807) is 17.3 Å². The quantitative estimate of drug-likeness (QED) is 0.899. The maximum Gasteiger partial charge on any atom is 0.254 e. The number of nitrogens with zero attached hydrogens (tertiary/aromatic N) is 2. The summed E-state index contributed by atoms with van der Waals surface area (Å²) in [6.07, 6.45) is 5.95. The molecule has 0 spiro atoms. The molecule has 2 unspecified atom stereocenters. The van der Waals surface area contributed by atoms with E-state index in [4.69, 9.17) is 0 Å². The molecule has 1 N–H and O–H groups in total. The van der Waals surface area contributed by atoms with Gasteiger partial charge in [0.05, 0.1) is 0 Å². The Kier molecular flexibility index (Phi) is 5.66. The Balaban J connectivity index is 1.79. The number of carbonyl (C=O) groups is 2. The number of hydrogen-bond donors (Lipinski definition) is 1. The Hall–Kier alpha value is -2.69. The van der Waals surface area contributed by atoms with E-state index in [0.29, 0.717) is 12.1 Å². The van der Waals surface area contributed by atoms with Crippen LogP contribution in [0.5, 0.6) is 0 Å². The summed E-state index contributed by atoms with van der Waals surface area (Å²) in [6, 6.07) is 11.1. The lowest BCUT2D eigenvalue weighted by Crippen LogP contribution is -2.48. The van der Waals surface area contributed by atoms with Crippen molar-refractivity contribution in [3.63, 3.8) is 0 Å². The van der Waals surface area contributed by atoms with Crippen molar-refractivity contribution in [1.82, 2.24) is 15.2 Å². The molecule has 2 heterocycles. The molecule has 0 bridgehead atoms. The van der Waals surface area contributed by atoms with Crippen molar-refractivity contribution in [2.24, 2.45) is 0 Å². The molecule has 1 aromatic carbocycles. The summed E-state index contributed by atoms with van der Waals surface area (Å²) in [6.45, 7) is 4.64. The summed E-state index contributed by atoms with van der Waals surface area (Å²) in [5.74, 6) is -0.133. The minimum atomic E-state index is -0.376. The van der Waals surface area contributed by atoms with Gasteiger partial charge >= 0.3 is 0 Å². The van der Waals surface area contributed by atoms with E-state index >= 15 is 0 Å². The van der Waals surface area contributed by atoms with Crippen LogP contribution >= 0.6 is 0 Å². The third-order valence-corrected chi connectivity index (χ3v) is 4.92. The minimum Gasteiger partial charge on any atom is -0.352 e. The second-order valence-corrected chi connectivity index (χ2v) is 6.80. The van der Waals surface area contributed by atoms with Gasteiger partial charge in [0.1, 0.15) is 6.04 Å². The Bertz CT molecular complexity index is 776. The van der Waals surface area contributed by atoms with E-state index in [-0.39, 0.29) is 23.9 Å². The summed E-state index contributed by atoms with van der Waals surface area (Å²) in [7, 11) is 0. The molecule has 2 atom stereocenters. The van der Waals surface area contributed by atoms with E-state index in [0.717, 1.165) is 30.4 Å². The van der Waals surface area contributed by atoms with E-state index in [2.05, 4.69) is 10.3 Å². The molecule has 2 aromatic rings. The molecular formula is C21H25N3O2. The van der Waals surface area contributed by atoms with Gasteiger partial charge in [-0.1, -0.05) is 25.1 Å². The molecule has 1 fully saturated rings. The normalized spacial score (nSPS) is 17.8. The van der Waals surface area contributed by atoms with Crippen molar-refractivity contribution < 1.29 is 9.59 Å². The molecule has 1 aliphatic heterocycles. The van der Waals surface area contributed by atoms with Crippen molar-refractivity contribution in [3.05, 3.63) is 54.4 Å². The zero-order valence-corrected chi connectivity index (χ0v) is 15.3. The number of carbonyl (C=O) groups excluding carboxylic acids is 2. The van der Waals surface area contributed by atoms with Crippen molar-refractivity contribution in [1.29, 1.82) is 0 Å². The molecule has 26 heavy (non-hydrogen) atoms. The monoisotopic (exact) mass is 351 g/mol. The van der Waals surface area contributed by atoms with Crippen molar-refractivity contribution in [2.45, 2.75) is 45.2 Å². The van der Waals surface area contributed by atoms with Crippen LogP contribution in [-0.2, 0) is 4.79 Å². The lowest BCUT2D eigenvalue weighted by molar-refractivity contribution is -0.125. The van der Waals surface area contributed by atoms with Gasteiger partial charge in [-0.25, -0.2) is 0 Å². The molecular weight excluding hydrogens is 326 g/mol. The van der Waals surface area contributed by atoms with Gasteiger partial charge < -0.3 is 10.2 Å². The van der Waals surface area contributed by atoms with Gasteiger partial charge in [0.25, 0.3) is 5.91 Å². The van der Waals surface area contributed by atoms with E-state index in [1.807, 2.05) is 50.2 Å². The van der Waals surface area contributed by atoms with Crippen LogP contribution in [0, 0.1) is 0 Å². The third-order valence-electron chi connectivity index (χ3n) is 4.92. The highest BCUT2D eigenvalue weighted by molar-refractivity contribution is 5.98. The second-order valence-electron chi connectivity index (χ2n) is 6.80. The molecule has 0 saturated carbocycles. The summed E-state index contributed by atoms with van der Waals surface area (Å²) in [5, 5.41) is 3.00. The van der Waals surface area contributed by atoms with Gasteiger partial charge in [0, 0.05) is 36.1 Å². The molecule has 1 saturated heterocycles. The van der Waals surface area contributed by atoms with Crippen LogP contribution in [0.4, 0.5) is 0 Å². The number of likely N-dealkylation sites (tertiary alicyclic amines) is 1. The molecule has 136 valence electrons. The largest absolute Gasteiger partial charge is 0.352 e. The highest BCUT2D eigenvalue weighted by Gasteiger charge is 2.34. The Morgan fingerprint density at radius 3 is 2.81 bits per heavy atom. The maximum atomic E-state index is 13.0. The highest BCUT2D eigenvalue weighted by Crippen LogP contribution is 2.24. The van der Waals surface area contributed by atoms with Crippen LogP contribution in [0.15, 0.2) is 48.8 Å². The molecule has 2 amide bonds. The topological polar surface area (TPSA) is 62.3 Å². The van der Waals surface area contributed by atoms with Gasteiger partial charge in [-0.3, -0.25) is 14.6 Å². The number of nitrogens with one attached hydrogen (secondary N) is 1. The number of pyridine rings is 1. The fraction of sp³-hybridized carbons (Fsp3) is 0.381. The van der Waals surface area contributed by atoms with Crippen LogP contribution in [-0.4, -0.2) is 40.3 Å². The Morgan fingerprint density at radius 2 is 2.08 bits per heavy atom. The van der Waals surface area contributed by atoms with E-state index in [1.165, 1.54) is 0 Å². The van der Waals surface area contributed by atoms with Crippen molar-refractivity contribution in [2.75, 3.05) is 6.54 Å². The first kappa shape index (κ1) is 18.1. The van der Waals surface area contributed by atoms with Crippen LogP contribution in [0.25, 0.3) is 11.1 Å². The third kappa shape index (κ3) is 3.93. The SMILES string of the molecule is CCC(C)NC(=O)C1CCCN1C(=O)c1cccc(-c2cccnc2)c1. The molecule has 1 aromatic heterocycles. The molecule has 0 aliphatic carbocycles. The summed E-state index contributed by atoms with van der Waals surface area (Å²) in [5.41, 5.74) is 2.52. The molecule has 0 radical (unpaired) electrons. The fourth-order valence-corrected chi connectivity index (χ4v) is 3.25. The smallest absolute Gasteiger partial charge is 0.254 e.